The molecule has 0 atom stereocenters. The van der Waals surface area contributed by atoms with Crippen molar-refractivity contribution < 1.29 is 9.47 Å². The summed E-state index contributed by atoms with van der Waals surface area (Å²) < 4.78 is 11.6. The van der Waals surface area contributed by atoms with Gasteiger partial charge in [0.1, 0.15) is 0 Å². The van der Waals surface area contributed by atoms with E-state index in [1.807, 2.05) is 36.4 Å². The predicted molar refractivity (Wildman–Crippen MR) is 102 cm³/mol. The molecule has 25 heavy (non-hydrogen) atoms. The average molecular weight is 342 g/mol. The topological polar surface area (TPSA) is 56.5 Å². The Balaban J connectivity index is 1.61. The van der Waals surface area contributed by atoms with Crippen molar-refractivity contribution in [2.24, 2.45) is 5.73 Å². The molecule has 0 bridgehead atoms. The van der Waals surface area contributed by atoms with Crippen LogP contribution in [0.5, 0.6) is 0 Å². The molecule has 4 heteroatoms. The highest BCUT2D eigenvalue weighted by Crippen LogP contribution is 2.06. The molecule has 136 valence electrons. The van der Waals surface area contributed by atoms with E-state index in [2.05, 4.69) is 29.6 Å². The molecular formula is C21H30N2O2. The zero-order valence-electron chi connectivity index (χ0n) is 14.9. The van der Waals surface area contributed by atoms with Crippen molar-refractivity contribution in [3.63, 3.8) is 0 Å². The van der Waals surface area contributed by atoms with E-state index in [4.69, 9.17) is 15.2 Å². The number of nitrogens with two attached hydrogens (primary N) is 1. The first kappa shape index (κ1) is 19.6. The van der Waals surface area contributed by atoms with Crippen molar-refractivity contribution in [3.8, 4) is 0 Å². The van der Waals surface area contributed by atoms with Crippen LogP contribution in [0.4, 0.5) is 0 Å². The molecule has 0 aliphatic heterocycles. The second-order valence-corrected chi connectivity index (χ2v) is 6.09. The number of hydrogen-bond donors (Lipinski definition) is 2. The van der Waals surface area contributed by atoms with Crippen LogP contribution in [0.2, 0.25) is 0 Å². The van der Waals surface area contributed by atoms with Crippen LogP contribution < -0.4 is 11.1 Å². The van der Waals surface area contributed by atoms with Crippen LogP contribution in [0.25, 0.3) is 0 Å². The molecule has 2 aromatic carbocycles. The molecule has 4 nitrogen and oxygen atoms in total. The molecule has 0 aromatic heterocycles. The van der Waals surface area contributed by atoms with Gasteiger partial charge in [0, 0.05) is 32.3 Å². The van der Waals surface area contributed by atoms with Crippen LogP contribution in [-0.4, -0.2) is 32.3 Å². The fraction of sp³-hybridized carbons (Fsp3) is 0.429. The predicted octanol–water partition coefficient (Wildman–Crippen LogP) is 3.12. The van der Waals surface area contributed by atoms with E-state index < -0.39 is 0 Å². The summed E-state index contributed by atoms with van der Waals surface area (Å²) in [6.45, 7) is 4.25. The lowest BCUT2D eigenvalue weighted by atomic mass is 10.1. The Morgan fingerprint density at radius 1 is 0.760 bits per heavy atom. The summed E-state index contributed by atoms with van der Waals surface area (Å²) in [5, 5.41) is 3.48. The third-order valence-corrected chi connectivity index (χ3v) is 4.02. The first-order chi connectivity index (χ1) is 12.4. The molecule has 0 unspecified atom stereocenters. The summed E-state index contributed by atoms with van der Waals surface area (Å²) in [7, 11) is 0. The Morgan fingerprint density at radius 2 is 1.24 bits per heavy atom. The van der Waals surface area contributed by atoms with Gasteiger partial charge in [-0.1, -0.05) is 60.7 Å². The van der Waals surface area contributed by atoms with Gasteiger partial charge in [-0.15, -0.1) is 0 Å². The summed E-state index contributed by atoms with van der Waals surface area (Å²) >= 11 is 0. The van der Waals surface area contributed by atoms with E-state index in [0.29, 0.717) is 25.8 Å². The highest BCUT2D eigenvalue weighted by Gasteiger charge is 2.08. The molecule has 0 amide bonds. The summed E-state index contributed by atoms with van der Waals surface area (Å²) in [5.41, 5.74) is 8.03. The van der Waals surface area contributed by atoms with Crippen LogP contribution in [0.1, 0.15) is 24.0 Å². The minimum atomic E-state index is 0.370. The largest absolute Gasteiger partial charge is 0.377 e. The number of ether oxygens (including phenoxy) is 2. The molecule has 0 fully saturated rings. The SMILES string of the molecule is NCCNC(CCOCc1ccccc1)CCOCc1ccccc1. The highest BCUT2D eigenvalue weighted by atomic mass is 16.5. The molecule has 2 aromatic rings. The van der Waals surface area contributed by atoms with Gasteiger partial charge in [0.15, 0.2) is 0 Å². The van der Waals surface area contributed by atoms with Gasteiger partial charge in [-0.05, 0) is 24.0 Å². The van der Waals surface area contributed by atoms with Crippen LogP contribution >= 0.6 is 0 Å². The highest BCUT2D eigenvalue weighted by molar-refractivity contribution is 5.14. The minimum Gasteiger partial charge on any atom is -0.377 e. The lowest BCUT2D eigenvalue weighted by Gasteiger charge is -2.18. The number of hydrogen-bond acceptors (Lipinski definition) is 4. The third-order valence-electron chi connectivity index (χ3n) is 4.02. The monoisotopic (exact) mass is 342 g/mol. The molecular weight excluding hydrogens is 312 g/mol. The lowest BCUT2D eigenvalue weighted by molar-refractivity contribution is 0.0910. The third kappa shape index (κ3) is 8.79. The van der Waals surface area contributed by atoms with E-state index in [-0.39, 0.29) is 0 Å². The number of rotatable bonds is 13. The maximum Gasteiger partial charge on any atom is 0.0716 e. The lowest BCUT2D eigenvalue weighted by Crippen LogP contribution is -2.35. The maximum absolute atomic E-state index is 5.79. The Labute approximate surface area is 151 Å². The smallest absolute Gasteiger partial charge is 0.0716 e. The minimum absolute atomic E-state index is 0.370. The summed E-state index contributed by atoms with van der Waals surface area (Å²) in [6, 6.07) is 20.9. The van der Waals surface area contributed by atoms with Gasteiger partial charge < -0.3 is 20.5 Å². The fourth-order valence-electron chi connectivity index (χ4n) is 2.62. The molecule has 0 heterocycles. The quantitative estimate of drug-likeness (QED) is 0.549. The normalized spacial score (nSPS) is 11.1. The molecule has 0 saturated heterocycles. The van der Waals surface area contributed by atoms with Crippen molar-refractivity contribution in [1.82, 2.24) is 5.32 Å². The van der Waals surface area contributed by atoms with Gasteiger partial charge >= 0.3 is 0 Å². The van der Waals surface area contributed by atoms with E-state index >= 15 is 0 Å². The maximum atomic E-state index is 5.79. The second-order valence-electron chi connectivity index (χ2n) is 6.09. The molecule has 2 rings (SSSR count). The first-order valence-corrected chi connectivity index (χ1v) is 9.05. The second kappa shape index (κ2) is 12.6. The van der Waals surface area contributed by atoms with Gasteiger partial charge in [0.2, 0.25) is 0 Å². The van der Waals surface area contributed by atoms with Gasteiger partial charge in [-0.2, -0.15) is 0 Å². The van der Waals surface area contributed by atoms with Gasteiger partial charge in [0.05, 0.1) is 13.2 Å². The van der Waals surface area contributed by atoms with Crippen LogP contribution in [0, 0.1) is 0 Å². The van der Waals surface area contributed by atoms with Crippen LogP contribution in [0.3, 0.4) is 0 Å². The van der Waals surface area contributed by atoms with Crippen molar-refractivity contribution in [1.29, 1.82) is 0 Å². The molecule has 0 radical (unpaired) electrons. The van der Waals surface area contributed by atoms with Crippen molar-refractivity contribution in [2.45, 2.75) is 32.1 Å². The molecule has 0 saturated carbocycles. The molecule has 3 N–H and O–H groups in total. The van der Waals surface area contributed by atoms with E-state index in [1.165, 1.54) is 11.1 Å². The van der Waals surface area contributed by atoms with Crippen LogP contribution in [-0.2, 0) is 22.7 Å². The van der Waals surface area contributed by atoms with Gasteiger partial charge in [-0.25, -0.2) is 0 Å². The molecule has 0 aliphatic carbocycles. The number of benzene rings is 2. The van der Waals surface area contributed by atoms with E-state index in [1.54, 1.807) is 0 Å². The van der Waals surface area contributed by atoms with E-state index in [0.717, 1.165) is 32.6 Å². The Kier molecular flexibility index (Phi) is 9.89. The average Bonchev–Trinajstić information content (AvgIpc) is 2.67. The first-order valence-electron chi connectivity index (χ1n) is 9.05. The van der Waals surface area contributed by atoms with Crippen molar-refractivity contribution in [2.75, 3.05) is 26.3 Å². The summed E-state index contributed by atoms with van der Waals surface area (Å²) in [4.78, 5) is 0. The molecule has 0 spiro atoms. The summed E-state index contributed by atoms with van der Waals surface area (Å²) in [5.74, 6) is 0. The zero-order chi connectivity index (χ0) is 17.6. The Morgan fingerprint density at radius 3 is 1.68 bits per heavy atom. The van der Waals surface area contributed by atoms with Gasteiger partial charge in [0.25, 0.3) is 0 Å². The number of nitrogens with one attached hydrogen (secondary N) is 1. The van der Waals surface area contributed by atoms with Gasteiger partial charge in [-0.3, -0.25) is 0 Å². The molecule has 0 aliphatic rings. The van der Waals surface area contributed by atoms with Crippen molar-refractivity contribution >= 4 is 0 Å². The zero-order valence-corrected chi connectivity index (χ0v) is 14.9. The Hall–Kier alpha value is -1.72. The standard InChI is InChI=1S/C21H30N2O2/c22-13-14-23-21(11-15-24-17-19-7-3-1-4-8-19)12-16-25-18-20-9-5-2-6-10-20/h1-10,21,23H,11-18,22H2. The van der Waals surface area contributed by atoms with Crippen LogP contribution in [0.15, 0.2) is 60.7 Å². The Bertz CT molecular complexity index is 501. The summed E-state index contributed by atoms with van der Waals surface area (Å²) in [6.07, 6.45) is 1.92. The van der Waals surface area contributed by atoms with E-state index in [9.17, 15) is 0 Å². The van der Waals surface area contributed by atoms with Crippen molar-refractivity contribution in [3.05, 3.63) is 71.8 Å². The fourth-order valence-corrected chi connectivity index (χ4v) is 2.62.